The number of nitrogens with one attached hydrogen (secondary N) is 1. The summed E-state index contributed by atoms with van der Waals surface area (Å²) in [6.45, 7) is 0.490. The van der Waals surface area contributed by atoms with Crippen molar-refractivity contribution in [2.75, 3.05) is 13.1 Å². The smallest absolute Gasteiger partial charge is 0.352 e. The Bertz CT molecular complexity index is 512. The van der Waals surface area contributed by atoms with Crippen LogP contribution in [0.25, 0.3) is 0 Å². The molecule has 1 amide bonds. The van der Waals surface area contributed by atoms with Crippen LogP contribution < -0.4 is 11.1 Å². The van der Waals surface area contributed by atoms with Crippen LogP contribution in [-0.2, 0) is 0 Å². The summed E-state index contributed by atoms with van der Waals surface area (Å²) in [6.07, 6.45) is -4.65. The Kier molecular flexibility index (Phi) is 6.76. The van der Waals surface area contributed by atoms with Crippen molar-refractivity contribution in [3.63, 3.8) is 0 Å². The Labute approximate surface area is 121 Å². The van der Waals surface area contributed by atoms with Gasteiger partial charge in [-0.3, -0.25) is 4.79 Å². The molecule has 0 aliphatic carbocycles. The summed E-state index contributed by atoms with van der Waals surface area (Å²) in [4.78, 5) is 11.7. The van der Waals surface area contributed by atoms with Gasteiger partial charge in [0.2, 0.25) is 0 Å². The third-order valence-corrected chi connectivity index (χ3v) is 2.65. The minimum absolute atomic E-state index is 0.0113. The molecule has 1 aromatic carbocycles. The molecule has 0 aliphatic rings. The number of nitrogens with two attached hydrogens (primary N) is 1. The third kappa shape index (κ3) is 7.37. The predicted molar refractivity (Wildman–Crippen MR) is 74.6 cm³/mol. The molecular weight excluding hydrogens is 281 g/mol. The van der Waals surface area contributed by atoms with Crippen molar-refractivity contribution in [2.45, 2.75) is 25.4 Å². The lowest BCUT2D eigenvalue weighted by Crippen LogP contribution is -2.24. The zero-order valence-corrected chi connectivity index (χ0v) is 11.5. The Morgan fingerprint density at radius 1 is 1.19 bits per heavy atom. The van der Waals surface area contributed by atoms with Crippen LogP contribution in [0.3, 0.4) is 0 Å². The van der Waals surface area contributed by atoms with E-state index in [-0.39, 0.29) is 25.4 Å². The van der Waals surface area contributed by atoms with E-state index in [9.17, 15) is 18.0 Å². The van der Waals surface area contributed by atoms with Gasteiger partial charge < -0.3 is 11.1 Å². The van der Waals surface area contributed by atoms with E-state index in [2.05, 4.69) is 17.2 Å². The second kappa shape index (κ2) is 8.32. The monoisotopic (exact) mass is 298 g/mol. The van der Waals surface area contributed by atoms with E-state index in [4.69, 9.17) is 5.73 Å². The van der Waals surface area contributed by atoms with Crippen molar-refractivity contribution in [2.24, 2.45) is 5.73 Å². The van der Waals surface area contributed by atoms with Crippen LogP contribution in [0.2, 0.25) is 0 Å². The molecule has 0 saturated heterocycles. The number of carbonyl (C=O) groups excluding carboxylic acids is 1. The van der Waals surface area contributed by atoms with Crippen LogP contribution in [-0.4, -0.2) is 25.2 Å². The summed E-state index contributed by atoms with van der Waals surface area (Å²) >= 11 is 0. The van der Waals surface area contributed by atoms with Gasteiger partial charge in [-0.1, -0.05) is 11.8 Å². The first-order chi connectivity index (χ1) is 9.92. The first-order valence-corrected chi connectivity index (χ1v) is 6.56. The van der Waals surface area contributed by atoms with Gasteiger partial charge in [0.1, 0.15) is 0 Å². The molecule has 1 rings (SSSR count). The molecule has 114 valence electrons. The van der Waals surface area contributed by atoms with Gasteiger partial charge in [0, 0.05) is 24.1 Å². The summed E-state index contributed by atoms with van der Waals surface area (Å²) in [5, 5.41) is 2.59. The highest BCUT2D eigenvalue weighted by atomic mass is 19.4. The van der Waals surface area contributed by atoms with Crippen molar-refractivity contribution >= 4 is 5.91 Å². The number of hydrogen-bond donors (Lipinski definition) is 2. The van der Waals surface area contributed by atoms with E-state index in [1.165, 1.54) is 0 Å². The summed E-state index contributed by atoms with van der Waals surface area (Å²) in [5.41, 5.74) is 6.45. The molecule has 0 heterocycles. The van der Waals surface area contributed by atoms with Gasteiger partial charge in [-0.05, 0) is 37.1 Å². The highest BCUT2D eigenvalue weighted by molar-refractivity contribution is 5.94. The van der Waals surface area contributed by atoms with Gasteiger partial charge in [-0.25, -0.2) is 0 Å². The Hall–Kier alpha value is -2.00. The molecule has 6 heteroatoms. The topological polar surface area (TPSA) is 55.1 Å². The molecule has 0 aliphatic heterocycles. The lowest BCUT2D eigenvalue weighted by molar-refractivity contribution is -0.135. The summed E-state index contributed by atoms with van der Waals surface area (Å²) in [6, 6.07) is 6.62. The largest absolute Gasteiger partial charge is 0.389 e. The van der Waals surface area contributed by atoms with Crippen molar-refractivity contribution in [3.05, 3.63) is 35.4 Å². The van der Waals surface area contributed by atoms with Crippen molar-refractivity contribution < 1.29 is 18.0 Å². The quantitative estimate of drug-likeness (QED) is 0.648. The van der Waals surface area contributed by atoms with E-state index in [0.717, 1.165) is 5.56 Å². The zero-order valence-electron chi connectivity index (χ0n) is 11.5. The molecule has 0 unspecified atom stereocenters. The normalized spacial score (nSPS) is 10.7. The Morgan fingerprint density at radius 2 is 1.86 bits per heavy atom. The molecule has 0 atom stereocenters. The van der Waals surface area contributed by atoms with E-state index in [1.807, 2.05) is 0 Å². The van der Waals surface area contributed by atoms with Crippen LogP contribution in [0.5, 0.6) is 0 Å². The highest BCUT2D eigenvalue weighted by Gasteiger charge is 2.25. The predicted octanol–water partition coefficient (Wildman–Crippen LogP) is 2.46. The van der Waals surface area contributed by atoms with E-state index in [1.54, 1.807) is 24.3 Å². The number of carbonyl (C=O) groups is 1. The molecule has 1 aromatic rings. The molecule has 0 radical (unpaired) electrons. The van der Waals surface area contributed by atoms with Crippen molar-refractivity contribution in [1.29, 1.82) is 0 Å². The molecule has 0 saturated carbocycles. The molecule has 3 N–H and O–H groups in total. The standard InChI is InChI=1S/C15H17F3N2O/c16-15(17,18)9-1-2-11-20-14(21)13-7-5-12(6-8-13)4-3-10-19/h5-8H,1-2,9-11,19H2,(H,20,21). The fourth-order valence-electron chi connectivity index (χ4n) is 1.61. The lowest BCUT2D eigenvalue weighted by Gasteiger charge is -2.07. The van der Waals surface area contributed by atoms with Crippen LogP contribution in [0, 0.1) is 11.8 Å². The Balaban J connectivity index is 2.35. The summed E-state index contributed by atoms with van der Waals surface area (Å²) < 4.78 is 35.8. The average Bonchev–Trinajstić information content (AvgIpc) is 2.44. The fourth-order valence-corrected chi connectivity index (χ4v) is 1.61. The van der Waals surface area contributed by atoms with Crippen LogP contribution >= 0.6 is 0 Å². The molecule has 3 nitrogen and oxygen atoms in total. The van der Waals surface area contributed by atoms with Gasteiger partial charge in [-0.15, -0.1) is 0 Å². The molecule has 0 fully saturated rings. The number of rotatable bonds is 5. The minimum Gasteiger partial charge on any atom is -0.352 e. The van der Waals surface area contributed by atoms with Gasteiger partial charge in [0.25, 0.3) is 5.91 Å². The van der Waals surface area contributed by atoms with Gasteiger partial charge in [0.15, 0.2) is 0 Å². The summed E-state index contributed by atoms with van der Waals surface area (Å²) in [7, 11) is 0. The second-order valence-corrected chi connectivity index (χ2v) is 4.41. The van der Waals surface area contributed by atoms with Gasteiger partial charge in [-0.2, -0.15) is 13.2 Å². The first kappa shape index (κ1) is 17.1. The average molecular weight is 298 g/mol. The van der Waals surface area contributed by atoms with Gasteiger partial charge >= 0.3 is 6.18 Å². The highest BCUT2D eigenvalue weighted by Crippen LogP contribution is 2.21. The van der Waals surface area contributed by atoms with E-state index >= 15 is 0 Å². The zero-order chi connectivity index (χ0) is 15.7. The molecule has 0 spiro atoms. The van der Waals surface area contributed by atoms with Crippen molar-refractivity contribution in [3.8, 4) is 11.8 Å². The third-order valence-electron chi connectivity index (χ3n) is 2.65. The van der Waals surface area contributed by atoms with Gasteiger partial charge in [0.05, 0.1) is 6.54 Å². The minimum atomic E-state index is -4.13. The van der Waals surface area contributed by atoms with Crippen LogP contribution in [0.1, 0.15) is 35.2 Å². The molecule has 21 heavy (non-hydrogen) atoms. The maximum absolute atomic E-state index is 11.9. The SMILES string of the molecule is NCC#Cc1ccc(C(=O)NCCCCC(F)(F)F)cc1. The molecular formula is C15H17F3N2O. The number of hydrogen-bond acceptors (Lipinski definition) is 2. The van der Waals surface area contributed by atoms with Crippen LogP contribution in [0.15, 0.2) is 24.3 Å². The number of unbranched alkanes of at least 4 members (excludes halogenated alkanes) is 1. The number of alkyl halides is 3. The number of amides is 1. The van der Waals surface area contributed by atoms with E-state index in [0.29, 0.717) is 12.0 Å². The van der Waals surface area contributed by atoms with Crippen LogP contribution in [0.4, 0.5) is 13.2 Å². The molecule has 0 aromatic heterocycles. The molecule has 0 bridgehead atoms. The second-order valence-electron chi connectivity index (χ2n) is 4.41. The first-order valence-electron chi connectivity index (χ1n) is 6.56. The van der Waals surface area contributed by atoms with E-state index < -0.39 is 12.6 Å². The van der Waals surface area contributed by atoms with Crippen molar-refractivity contribution in [1.82, 2.24) is 5.32 Å². The Morgan fingerprint density at radius 3 is 2.43 bits per heavy atom. The maximum Gasteiger partial charge on any atom is 0.389 e. The number of halogens is 3. The maximum atomic E-state index is 11.9. The fraction of sp³-hybridized carbons (Fsp3) is 0.400. The summed E-state index contributed by atoms with van der Waals surface area (Å²) in [5.74, 6) is 5.23. The number of benzene rings is 1. The lowest BCUT2D eigenvalue weighted by atomic mass is 10.1.